The molecule has 0 radical (unpaired) electrons. The molecule has 41 heavy (non-hydrogen) atoms. The molecule has 0 saturated heterocycles. The summed E-state index contributed by atoms with van der Waals surface area (Å²) in [5.74, 6) is 1.50. The van der Waals surface area contributed by atoms with Gasteiger partial charge in [-0.3, -0.25) is 0 Å². The van der Waals surface area contributed by atoms with Crippen LogP contribution >= 0.6 is 0 Å². The molecule has 1 N–H and O–H groups in total. The van der Waals surface area contributed by atoms with Crippen LogP contribution in [0.15, 0.2) is 154 Å². The highest BCUT2D eigenvalue weighted by Gasteiger charge is 2.21. The molecule has 4 heteroatoms. The molecule has 6 aromatic carbocycles. The number of nitrogens with one attached hydrogen (secondary N) is 1. The van der Waals surface area contributed by atoms with E-state index in [0.717, 1.165) is 50.0 Å². The van der Waals surface area contributed by atoms with E-state index in [-0.39, 0.29) is 6.17 Å². The Bertz CT molecular complexity index is 2120. The Kier molecular flexibility index (Phi) is 5.49. The van der Waals surface area contributed by atoms with E-state index >= 15 is 0 Å². The Morgan fingerprint density at radius 3 is 2.17 bits per heavy atom. The zero-order valence-corrected chi connectivity index (χ0v) is 22.2. The summed E-state index contributed by atoms with van der Waals surface area (Å²) in [6, 6.07) is 48.1. The first-order valence-electron chi connectivity index (χ1n) is 13.8. The fourth-order valence-electron chi connectivity index (χ4n) is 5.69. The Morgan fingerprint density at radius 2 is 1.29 bits per heavy atom. The largest absolute Gasteiger partial charge is 0.456 e. The van der Waals surface area contributed by atoms with Crippen LogP contribution in [0.5, 0.6) is 0 Å². The lowest BCUT2D eigenvalue weighted by atomic mass is 9.97. The summed E-state index contributed by atoms with van der Waals surface area (Å²) in [6.07, 6.45) is -0.237. The number of nitrogens with zero attached hydrogens (tertiary/aromatic N) is 2. The molecule has 0 spiro atoms. The fraction of sp³-hybridized carbons (Fsp3) is 0.0270. The Labute approximate surface area is 237 Å². The van der Waals surface area contributed by atoms with Crippen LogP contribution in [0.4, 0.5) is 0 Å². The lowest BCUT2D eigenvalue weighted by Gasteiger charge is -2.23. The average molecular weight is 528 g/mol. The summed E-state index contributed by atoms with van der Waals surface area (Å²) in [7, 11) is 0. The SMILES string of the molecule is c1ccc(C2=NC(c3ccccc3)NC(c3ccc4oc5cc(-c6cccc7ccccc67)ccc5c4c3)=N2)cc1. The smallest absolute Gasteiger partial charge is 0.159 e. The van der Waals surface area contributed by atoms with Gasteiger partial charge in [0.15, 0.2) is 5.84 Å². The van der Waals surface area contributed by atoms with Crippen molar-refractivity contribution in [2.75, 3.05) is 0 Å². The number of benzene rings is 6. The van der Waals surface area contributed by atoms with Gasteiger partial charge in [-0.25, -0.2) is 9.98 Å². The van der Waals surface area contributed by atoms with Crippen molar-refractivity contribution >= 4 is 44.4 Å². The second kappa shape index (κ2) is 9.61. The third kappa shape index (κ3) is 4.17. The molecule has 0 aliphatic carbocycles. The molecule has 1 aliphatic rings. The van der Waals surface area contributed by atoms with E-state index in [1.165, 1.54) is 16.3 Å². The minimum atomic E-state index is -0.237. The first-order valence-corrected chi connectivity index (χ1v) is 13.8. The number of fused-ring (bicyclic) bond motifs is 4. The van der Waals surface area contributed by atoms with Gasteiger partial charge in [-0.15, -0.1) is 0 Å². The van der Waals surface area contributed by atoms with Crippen LogP contribution in [0.2, 0.25) is 0 Å². The predicted octanol–water partition coefficient (Wildman–Crippen LogP) is 8.90. The van der Waals surface area contributed by atoms with Crippen LogP contribution < -0.4 is 5.32 Å². The molecule has 194 valence electrons. The van der Waals surface area contributed by atoms with Gasteiger partial charge < -0.3 is 9.73 Å². The first-order chi connectivity index (χ1) is 20.3. The molecule has 2 heterocycles. The standard InChI is InChI=1S/C37H25N3O/c1-3-11-25(12-4-1)35-38-36(26-13-5-2-6-14-26)40-37(39-35)28-19-21-33-32(22-28)31-20-18-27(23-34(31)41-33)30-17-9-15-24-10-7-8-16-29(24)30/h1-23,35H,(H,38,39,40). The van der Waals surface area contributed by atoms with Crippen molar-refractivity contribution in [2.24, 2.45) is 9.98 Å². The second-order valence-corrected chi connectivity index (χ2v) is 10.3. The van der Waals surface area contributed by atoms with E-state index in [1.54, 1.807) is 0 Å². The van der Waals surface area contributed by atoms with Crippen molar-refractivity contribution in [1.29, 1.82) is 0 Å². The number of amidine groups is 2. The maximum Gasteiger partial charge on any atom is 0.159 e. The minimum absolute atomic E-state index is 0.237. The Balaban J connectivity index is 1.22. The summed E-state index contributed by atoms with van der Waals surface area (Å²) in [6.45, 7) is 0. The molecular weight excluding hydrogens is 502 g/mol. The van der Waals surface area contributed by atoms with Crippen molar-refractivity contribution < 1.29 is 4.42 Å². The molecule has 8 rings (SSSR count). The van der Waals surface area contributed by atoms with E-state index in [2.05, 4.69) is 90.2 Å². The van der Waals surface area contributed by atoms with Crippen molar-refractivity contribution in [1.82, 2.24) is 5.32 Å². The van der Waals surface area contributed by atoms with Crippen LogP contribution in [-0.2, 0) is 0 Å². The van der Waals surface area contributed by atoms with Gasteiger partial charge in [0.05, 0.1) is 0 Å². The van der Waals surface area contributed by atoms with Crippen LogP contribution in [0.1, 0.15) is 22.9 Å². The van der Waals surface area contributed by atoms with Crippen LogP contribution in [-0.4, -0.2) is 11.7 Å². The quantitative estimate of drug-likeness (QED) is 0.248. The summed E-state index contributed by atoms with van der Waals surface area (Å²) < 4.78 is 6.37. The van der Waals surface area contributed by atoms with Gasteiger partial charge in [-0.1, -0.05) is 109 Å². The van der Waals surface area contributed by atoms with Crippen molar-refractivity contribution in [3.63, 3.8) is 0 Å². The first kappa shape index (κ1) is 23.4. The summed E-state index contributed by atoms with van der Waals surface area (Å²) >= 11 is 0. The van der Waals surface area contributed by atoms with Gasteiger partial charge in [0.25, 0.3) is 0 Å². The van der Waals surface area contributed by atoms with E-state index in [1.807, 2.05) is 54.6 Å². The topological polar surface area (TPSA) is 49.9 Å². The number of hydrogen-bond acceptors (Lipinski definition) is 4. The molecule has 4 nitrogen and oxygen atoms in total. The third-order valence-corrected chi connectivity index (χ3v) is 7.74. The van der Waals surface area contributed by atoms with Crippen LogP contribution in [0.25, 0.3) is 43.8 Å². The monoisotopic (exact) mass is 527 g/mol. The molecule has 1 aromatic heterocycles. The van der Waals surface area contributed by atoms with Gasteiger partial charge >= 0.3 is 0 Å². The van der Waals surface area contributed by atoms with Gasteiger partial charge in [0.1, 0.15) is 23.2 Å². The molecular formula is C37H25N3O. The number of hydrogen-bond donors (Lipinski definition) is 1. The molecule has 0 fully saturated rings. The molecule has 1 aliphatic heterocycles. The van der Waals surface area contributed by atoms with Crippen LogP contribution in [0, 0.1) is 0 Å². The van der Waals surface area contributed by atoms with Gasteiger partial charge in [-0.05, 0) is 57.8 Å². The van der Waals surface area contributed by atoms with E-state index in [0.29, 0.717) is 5.84 Å². The number of furan rings is 1. The average Bonchev–Trinajstić information content (AvgIpc) is 3.42. The zero-order valence-electron chi connectivity index (χ0n) is 22.2. The second-order valence-electron chi connectivity index (χ2n) is 10.3. The molecule has 0 bridgehead atoms. The molecule has 1 atom stereocenters. The van der Waals surface area contributed by atoms with Crippen molar-refractivity contribution in [2.45, 2.75) is 6.17 Å². The van der Waals surface area contributed by atoms with Gasteiger partial charge in [0, 0.05) is 21.9 Å². The Morgan fingerprint density at radius 1 is 0.537 bits per heavy atom. The zero-order chi connectivity index (χ0) is 27.2. The minimum Gasteiger partial charge on any atom is -0.456 e. The maximum atomic E-state index is 6.37. The third-order valence-electron chi connectivity index (χ3n) is 7.74. The van der Waals surface area contributed by atoms with Crippen molar-refractivity contribution in [3.8, 4) is 11.1 Å². The number of aliphatic imine (C=N–C) groups is 2. The predicted molar refractivity (Wildman–Crippen MR) is 168 cm³/mol. The van der Waals surface area contributed by atoms with E-state index in [4.69, 9.17) is 14.4 Å². The highest BCUT2D eigenvalue weighted by atomic mass is 16.3. The molecule has 0 amide bonds. The summed E-state index contributed by atoms with van der Waals surface area (Å²) in [5.41, 5.74) is 7.13. The molecule has 7 aromatic rings. The Hall–Kier alpha value is -5.48. The highest BCUT2D eigenvalue weighted by Crippen LogP contribution is 2.35. The lowest BCUT2D eigenvalue weighted by Crippen LogP contribution is -2.33. The normalized spacial score (nSPS) is 15.1. The summed E-state index contributed by atoms with van der Waals surface area (Å²) in [5, 5.41) is 8.18. The van der Waals surface area contributed by atoms with Crippen molar-refractivity contribution in [3.05, 3.63) is 156 Å². The lowest BCUT2D eigenvalue weighted by molar-refractivity contribution is 0.668. The fourth-order valence-corrected chi connectivity index (χ4v) is 5.69. The highest BCUT2D eigenvalue weighted by molar-refractivity contribution is 6.15. The molecule has 1 unspecified atom stereocenters. The number of rotatable bonds is 4. The van der Waals surface area contributed by atoms with Gasteiger partial charge in [0.2, 0.25) is 0 Å². The maximum absolute atomic E-state index is 6.37. The van der Waals surface area contributed by atoms with E-state index < -0.39 is 0 Å². The summed E-state index contributed by atoms with van der Waals surface area (Å²) in [4.78, 5) is 9.94. The van der Waals surface area contributed by atoms with E-state index in [9.17, 15) is 0 Å². The van der Waals surface area contributed by atoms with Gasteiger partial charge in [-0.2, -0.15) is 0 Å². The molecule has 0 saturated carbocycles. The van der Waals surface area contributed by atoms with Crippen LogP contribution in [0.3, 0.4) is 0 Å².